The Hall–Kier alpha value is -1.10. The monoisotopic (exact) mass is 349 g/mol. The summed E-state index contributed by atoms with van der Waals surface area (Å²) in [4.78, 5) is 29.3. The van der Waals surface area contributed by atoms with Gasteiger partial charge in [-0.15, -0.1) is 0 Å². The minimum Gasteiger partial charge on any atom is -0.354 e. The first-order valence-electron chi connectivity index (χ1n) is 10.5. The van der Waals surface area contributed by atoms with Gasteiger partial charge >= 0.3 is 0 Å². The van der Waals surface area contributed by atoms with Gasteiger partial charge in [0.2, 0.25) is 11.8 Å². The van der Waals surface area contributed by atoms with Crippen LogP contribution in [0.3, 0.4) is 0 Å². The van der Waals surface area contributed by atoms with Gasteiger partial charge in [-0.2, -0.15) is 0 Å². The lowest BCUT2D eigenvalue weighted by Crippen LogP contribution is -2.50. The summed E-state index contributed by atoms with van der Waals surface area (Å²) in [5.41, 5.74) is 0. The Kier molecular flexibility index (Phi) is 6.74. The van der Waals surface area contributed by atoms with Gasteiger partial charge in [0.15, 0.2) is 0 Å². The fraction of sp³-hybridized carbons (Fsp3) is 0.900. The van der Waals surface area contributed by atoms with Gasteiger partial charge in [-0.1, -0.05) is 19.3 Å². The molecule has 1 aliphatic carbocycles. The van der Waals surface area contributed by atoms with Gasteiger partial charge in [-0.05, 0) is 64.5 Å². The van der Waals surface area contributed by atoms with Crippen molar-refractivity contribution in [1.82, 2.24) is 15.1 Å². The highest BCUT2D eigenvalue weighted by atomic mass is 16.2. The molecule has 0 aromatic carbocycles. The van der Waals surface area contributed by atoms with Gasteiger partial charge in [0, 0.05) is 25.6 Å². The van der Waals surface area contributed by atoms with E-state index in [1.807, 2.05) is 11.8 Å². The van der Waals surface area contributed by atoms with E-state index in [-0.39, 0.29) is 17.9 Å². The van der Waals surface area contributed by atoms with E-state index in [9.17, 15) is 9.59 Å². The fourth-order valence-corrected chi connectivity index (χ4v) is 4.68. The molecule has 2 aliphatic heterocycles. The molecule has 0 radical (unpaired) electrons. The van der Waals surface area contributed by atoms with Crippen molar-refractivity contribution in [3.63, 3.8) is 0 Å². The fourth-order valence-electron chi connectivity index (χ4n) is 4.68. The Bertz CT molecular complexity index is 448. The van der Waals surface area contributed by atoms with E-state index in [0.29, 0.717) is 11.8 Å². The van der Waals surface area contributed by atoms with Crippen molar-refractivity contribution in [3.8, 4) is 0 Å². The van der Waals surface area contributed by atoms with Crippen LogP contribution in [-0.2, 0) is 9.59 Å². The number of carbonyl (C=O) groups excluding carboxylic acids is 2. The molecule has 3 rings (SSSR count). The molecular weight excluding hydrogens is 314 g/mol. The van der Waals surface area contributed by atoms with Gasteiger partial charge in [0.05, 0.1) is 6.04 Å². The molecule has 1 saturated carbocycles. The van der Waals surface area contributed by atoms with Crippen molar-refractivity contribution in [3.05, 3.63) is 0 Å². The van der Waals surface area contributed by atoms with E-state index >= 15 is 0 Å². The van der Waals surface area contributed by atoms with Crippen LogP contribution in [0, 0.1) is 11.8 Å². The zero-order valence-corrected chi connectivity index (χ0v) is 15.8. The summed E-state index contributed by atoms with van der Waals surface area (Å²) < 4.78 is 0. The number of hydrogen-bond acceptors (Lipinski definition) is 3. The van der Waals surface area contributed by atoms with E-state index in [1.165, 1.54) is 32.1 Å². The smallest absolute Gasteiger partial charge is 0.237 e. The van der Waals surface area contributed by atoms with Crippen LogP contribution < -0.4 is 5.32 Å². The predicted molar refractivity (Wildman–Crippen MR) is 99.2 cm³/mol. The Balaban J connectivity index is 1.38. The first-order valence-corrected chi connectivity index (χ1v) is 10.5. The lowest BCUT2D eigenvalue weighted by molar-refractivity contribution is -0.136. The van der Waals surface area contributed by atoms with Crippen molar-refractivity contribution in [2.45, 2.75) is 70.8 Å². The highest BCUT2D eigenvalue weighted by molar-refractivity contribution is 5.81. The molecule has 0 spiro atoms. The summed E-state index contributed by atoms with van der Waals surface area (Å²) in [6.07, 6.45) is 10.6. The van der Waals surface area contributed by atoms with Crippen molar-refractivity contribution in [2.75, 3.05) is 32.7 Å². The van der Waals surface area contributed by atoms with E-state index < -0.39 is 0 Å². The van der Waals surface area contributed by atoms with Gasteiger partial charge < -0.3 is 10.2 Å². The largest absolute Gasteiger partial charge is 0.354 e. The summed E-state index contributed by atoms with van der Waals surface area (Å²) in [7, 11) is 0. The van der Waals surface area contributed by atoms with E-state index in [4.69, 9.17) is 0 Å². The number of likely N-dealkylation sites (tertiary alicyclic amines) is 2. The zero-order chi connectivity index (χ0) is 17.6. The average molecular weight is 350 g/mol. The molecule has 0 bridgehead atoms. The van der Waals surface area contributed by atoms with E-state index in [2.05, 4.69) is 10.2 Å². The van der Waals surface area contributed by atoms with Crippen LogP contribution >= 0.6 is 0 Å². The van der Waals surface area contributed by atoms with Crippen LogP contribution in [0.1, 0.15) is 64.7 Å². The summed E-state index contributed by atoms with van der Waals surface area (Å²) in [6, 6.07) is -0.0774. The normalized spacial score (nSPS) is 25.1. The van der Waals surface area contributed by atoms with Crippen LogP contribution in [0.25, 0.3) is 0 Å². The highest BCUT2D eigenvalue weighted by Gasteiger charge is 2.32. The molecule has 3 fully saturated rings. The highest BCUT2D eigenvalue weighted by Crippen LogP contribution is 2.24. The van der Waals surface area contributed by atoms with Crippen molar-refractivity contribution >= 4 is 11.8 Å². The molecule has 3 aliphatic rings. The van der Waals surface area contributed by atoms with Crippen LogP contribution in [0.2, 0.25) is 0 Å². The lowest BCUT2D eigenvalue weighted by atomic mass is 9.89. The zero-order valence-electron chi connectivity index (χ0n) is 15.8. The number of amides is 2. The second kappa shape index (κ2) is 9.02. The second-order valence-electron chi connectivity index (χ2n) is 8.27. The molecule has 1 unspecified atom stereocenters. The SMILES string of the molecule is CC(C(=O)NCC1CCCCC1)N1CCC(C(=O)N2CCCC2)CC1. The Morgan fingerprint density at radius 2 is 1.56 bits per heavy atom. The summed E-state index contributed by atoms with van der Waals surface area (Å²) in [5, 5.41) is 3.17. The summed E-state index contributed by atoms with van der Waals surface area (Å²) >= 11 is 0. The standard InChI is InChI=1S/C20H35N3O2/c1-16(19(24)21-15-17-7-3-2-4-8-17)22-13-9-18(10-14-22)20(25)23-11-5-6-12-23/h16-18H,2-15H2,1H3,(H,21,24). The maximum Gasteiger partial charge on any atom is 0.237 e. The molecule has 0 aromatic rings. The minimum atomic E-state index is -0.0774. The van der Waals surface area contributed by atoms with Crippen LogP contribution in [-0.4, -0.2) is 60.4 Å². The summed E-state index contributed by atoms with van der Waals surface area (Å²) in [6.45, 7) is 6.47. The van der Waals surface area contributed by atoms with Crippen LogP contribution in [0.4, 0.5) is 0 Å². The topological polar surface area (TPSA) is 52.7 Å². The molecule has 142 valence electrons. The maximum atomic E-state index is 12.5. The quantitative estimate of drug-likeness (QED) is 0.829. The molecule has 2 saturated heterocycles. The lowest BCUT2D eigenvalue weighted by Gasteiger charge is -2.36. The minimum absolute atomic E-state index is 0.0774. The molecule has 0 aromatic heterocycles. The number of carbonyl (C=O) groups is 2. The third-order valence-corrected chi connectivity index (χ3v) is 6.51. The number of rotatable bonds is 5. The Morgan fingerprint density at radius 3 is 2.20 bits per heavy atom. The Labute approximate surface area is 152 Å². The number of hydrogen-bond donors (Lipinski definition) is 1. The van der Waals surface area contributed by atoms with E-state index in [1.54, 1.807) is 0 Å². The van der Waals surface area contributed by atoms with Gasteiger partial charge in [-0.3, -0.25) is 14.5 Å². The molecule has 2 amide bonds. The predicted octanol–water partition coefficient (Wildman–Crippen LogP) is 2.41. The first kappa shape index (κ1) is 18.7. The first-order chi connectivity index (χ1) is 12.1. The molecule has 25 heavy (non-hydrogen) atoms. The Morgan fingerprint density at radius 1 is 0.920 bits per heavy atom. The van der Waals surface area contributed by atoms with Crippen LogP contribution in [0.15, 0.2) is 0 Å². The number of nitrogens with zero attached hydrogens (tertiary/aromatic N) is 2. The van der Waals surface area contributed by atoms with E-state index in [0.717, 1.165) is 58.4 Å². The molecule has 5 nitrogen and oxygen atoms in total. The van der Waals surface area contributed by atoms with Gasteiger partial charge in [0.1, 0.15) is 0 Å². The van der Waals surface area contributed by atoms with Crippen LogP contribution in [0.5, 0.6) is 0 Å². The third kappa shape index (κ3) is 4.96. The van der Waals surface area contributed by atoms with Gasteiger partial charge in [0.25, 0.3) is 0 Å². The molecule has 5 heteroatoms. The maximum absolute atomic E-state index is 12.5. The summed E-state index contributed by atoms with van der Waals surface area (Å²) in [5.74, 6) is 1.36. The molecular formula is C20H35N3O2. The molecule has 1 atom stereocenters. The number of piperidine rings is 1. The molecule has 2 heterocycles. The number of nitrogens with one attached hydrogen (secondary N) is 1. The van der Waals surface area contributed by atoms with Crippen molar-refractivity contribution < 1.29 is 9.59 Å². The second-order valence-corrected chi connectivity index (χ2v) is 8.27. The average Bonchev–Trinajstić information content (AvgIpc) is 3.20. The molecule has 1 N–H and O–H groups in total. The van der Waals surface area contributed by atoms with Crippen molar-refractivity contribution in [1.29, 1.82) is 0 Å². The van der Waals surface area contributed by atoms with Crippen molar-refractivity contribution in [2.24, 2.45) is 11.8 Å². The van der Waals surface area contributed by atoms with Gasteiger partial charge in [-0.25, -0.2) is 0 Å². The third-order valence-electron chi connectivity index (χ3n) is 6.51.